The molecule has 8 heteroatoms. The zero-order valence-electron chi connectivity index (χ0n) is 16.6. The van der Waals surface area contributed by atoms with Crippen LogP contribution in [0.25, 0.3) is 5.70 Å². The van der Waals surface area contributed by atoms with Gasteiger partial charge in [0.2, 0.25) is 5.91 Å². The smallest absolute Gasteiger partial charge is 0.320 e. The Bertz CT molecular complexity index is 816. The van der Waals surface area contributed by atoms with Crippen molar-refractivity contribution in [2.45, 2.75) is 24.5 Å². The van der Waals surface area contributed by atoms with Crippen molar-refractivity contribution < 1.29 is 14.3 Å². The van der Waals surface area contributed by atoms with Crippen molar-refractivity contribution in [1.29, 1.82) is 5.41 Å². The molecule has 3 saturated heterocycles. The molecule has 0 aromatic heterocycles. The second kappa shape index (κ2) is 8.24. The number of rotatable bonds is 4. The van der Waals surface area contributed by atoms with Gasteiger partial charge in [-0.05, 0) is 23.6 Å². The summed E-state index contributed by atoms with van der Waals surface area (Å²) in [5.41, 5.74) is 3.15. The molecule has 3 fully saturated rings. The molecule has 0 spiro atoms. The Balaban J connectivity index is 1.31. The highest BCUT2D eigenvalue weighted by Gasteiger charge is 2.40. The first-order valence-corrected chi connectivity index (χ1v) is 10.0. The first kappa shape index (κ1) is 19.4. The Morgan fingerprint density at radius 3 is 2.69 bits per heavy atom. The first-order chi connectivity index (χ1) is 14.1. The number of fused-ring (bicyclic) bond motifs is 1. The normalized spacial score (nSPS) is 25.0. The van der Waals surface area contributed by atoms with Crippen LogP contribution in [-0.4, -0.2) is 79.9 Å². The molecule has 154 valence electrons. The maximum Gasteiger partial charge on any atom is 0.320 e. The molecule has 0 aliphatic carbocycles. The summed E-state index contributed by atoms with van der Waals surface area (Å²) >= 11 is 0. The molecule has 0 bridgehead atoms. The lowest BCUT2D eigenvalue weighted by Gasteiger charge is -2.46. The van der Waals surface area contributed by atoms with Gasteiger partial charge in [-0.3, -0.25) is 4.79 Å². The van der Waals surface area contributed by atoms with Crippen LogP contribution in [0.3, 0.4) is 0 Å². The number of amides is 3. The van der Waals surface area contributed by atoms with E-state index < -0.39 is 0 Å². The molecule has 0 unspecified atom stereocenters. The molecular formula is C21H27N5O3. The molecule has 8 nitrogen and oxygen atoms in total. The summed E-state index contributed by atoms with van der Waals surface area (Å²) in [5, 5.41) is 13.3. The second-order valence-corrected chi connectivity index (χ2v) is 7.76. The van der Waals surface area contributed by atoms with Crippen molar-refractivity contribution in [1.82, 2.24) is 20.4 Å². The predicted molar refractivity (Wildman–Crippen MR) is 110 cm³/mol. The summed E-state index contributed by atoms with van der Waals surface area (Å²) < 4.78 is 5.56. The van der Waals surface area contributed by atoms with Gasteiger partial charge in [0.25, 0.3) is 0 Å². The number of urea groups is 1. The Hall–Kier alpha value is -2.87. The highest BCUT2D eigenvalue weighted by Crippen LogP contribution is 2.29. The van der Waals surface area contributed by atoms with Gasteiger partial charge in [-0.25, -0.2) is 4.79 Å². The molecule has 3 amide bonds. The number of piperidine rings is 1. The minimum absolute atomic E-state index is 0.0172. The fourth-order valence-electron chi connectivity index (χ4n) is 4.26. The summed E-state index contributed by atoms with van der Waals surface area (Å²) in [6.07, 6.45) is 3.76. The lowest BCUT2D eigenvalue weighted by molar-refractivity contribution is -0.139. The SMILES string of the molecule is CN/C(=C\C=N)c1ccc(C2CN(C(=O)N3CC[C@@H]4OCC(=O)N[C@@H]4C3)C2)cc1. The van der Waals surface area contributed by atoms with Gasteiger partial charge in [-0.15, -0.1) is 0 Å². The van der Waals surface area contributed by atoms with E-state index in [1.807, 2.05) is 29.0 Å². The van der Waals surface area contributed by atoms with E-state index in [2.05, 4.69) is 22.8 Å². The summed E-state index contributed by atoms with van der Waals surface area (Å²) in [7, 11) is 1.84. The number of likely N-dealkylation sites (tertiary alicyclic amines) is 2. The van der Waals surface area contributed by atoms with E-state index in [9.17, 15) is 9.59 Å². The lowest BCUT2D eigenvalue weighted by atomic mass is 9.90. The predicted octanol–water partition coefficient (Wildman–Crippen LogP) is 1.00. The van der Waals surface area contributed by atoms with E-state index in [-0.39, 0.29) is 30.7 Å². The van der Waals surface area contributed by atoms with E-state index in [0.29, 0.717) is 32.1 Å². The van der Waals surface area contributed by atoms with Gasteiger partial charge in [0, 0.05) is 51.1 Å². The van der Waals surface area contributed by atoms with Gasteiger partial charge in [0.05, 0.1) is 12.1 Å². The number of allylic oxidation sites excluding steroid dienone is 1. The van der Waals surface area contributed by atoms with Crippen molar-refractivity contribution in [3.63, 3.8) is 0 Å². The minimum atomic E-state index is -0.107. The van der Waals surface area contributed by atoms with E-state index in [0.717, 1.165) is 17.7 Å². The molecule has 1 aromatic rings. The molecule has 0 radical (unpaired) electrons. The van der Waals surface area contributed by atoms with Crippen LogP contribution in [0.5, 0.6) is 0 Å². The quantitative estimate of drug-likeness (QED) is 0.661. The molecule has 3 aliphatic rings. The largest absolute Gasteiger partial charge is 0.388 e. The topological polar surface area (TPSA) is 97.8 Å². The van der Waals surface area contributed by atoms with Gasteiger partial charge in [-0.1, -0.05) is 24.3 Å². The van der Waals surface area contributed by atoms with E-state index >= 15 is 0 Å². The third kappa shape index (κ3) is 3.98. The number of hydrogen-bond donors (Lipinski definition) is 3. The van der Waals surface area contributed by atoms with Crippen molar-refractivity contribution in [2.75, 3.05) is 39.8 Å². The number of hydrogen-bond acceptors (Lipinski definition) is 5. The number of ether oxygens (including phenoxy) is 1. The summed E-state index contributed by atoms with van der Waals surface area (Å²) in [6.45, 7) is 2.71. The fourth-order valence-corrected chi connectivity index (χ4v) is 4.26. The van der Waals surface area contributed by atoms with Crippen LogP contribution >= 0.6 is 0 Å². The third-order valence-corrected chi connectivity index (χ3v) is 5.96. The highest BCUT2D eigenvalue weighted by molar-refractivity contribution is 5.82. The Morgan fingerprint density at radius 1 is 1.24 bits per heavy atom. The second-order valence-electron chi connectivity index (χ2n) is 7.76. The van der Waals surface area contributed by atoms with Gasteiger partial charge in [0.1, 0.15) is 6.61 Å². The average molecular weight is 397 g/mol. The number of nitrogens with zero attached hydrogens (tertiary/aromatic N) is 2. The molecule has 0 saturated carbocycles. The number of nitrogens with one attached hydrogen (secondary N) is 3. The lowest BCUT2D eigenvalue weighted by Crippen LogP contribution is -2.63. The van der Waals surface area contributed by atoms with Gasteiger partial charge in [0.15, 0.2) is 0 Å². The van der Waals surface area contributed by atoms with Crippen LogP contribution < -0.4 is 10.6 Å². The van der Waals surface area contributed by atoms with Crippen molar-refractivity contribution in [3.8, 4) is 0 Å². The summed E-state index contributed by atoms with van der Waals surface area (Å²) in [6, 6.07) is 8.22. The van der Waals surface area contributed by atoms with Crippen LogP contribution in [-0.2, 0) is 9.53 Å². The highest BCUT2D eigenvalue weighted by atomic mass is 16.5. The molecular weight excluding hydrogens is 370 g/mol. The maximum atomic E-state index is 12.8. The standard InChI is InChI=1S/C21H27N5O3/c1-23-17(6-8-22)15-4-2-14(3-5-15)16-10-26(11-16)21(28)25-9-7-19-18(12-25)24-20(27)13-29-19/h2-6,8,16,18-19,22-23H,7,9-13H2,1H3,(H,24,27)/b17-6-,22-8?/t18-,19+/m1/s1. The molecule has 3 aliphatic heterocycles. The molecule has 3 N–H and O–H groups in total. The summed E-state index contributed by atoms with van der Waals surface area (Å²) in [4.78, 5) is 28.1. The molecule has 2 atom stereocenters. The Kier molecular flexibility index (Phi) is 5.53. The first-order valence-electron chi connectivity index (χ1n) is 10.0. The third-order valence-electron chi connectivity index (χ3n) is 5.96. The zero-order chi connectivity index (χ0) is 20.4. The van der Waals surface area contributed by atoms with Crippen LogP contribution in [0.15, 0.2) is 30.3 Å². The molecule has 3 heterocycles. The Morgan fingerprint density at radius 2 is 2.00 bits per heavy atom. The maximum absolute atomic E-state index is 12.8. The van der Waals surface area contributed by atoms with E-state index in [1.54, 1.807) is 6.08 Å². The van der Waals surface area contributed by atoms with Crippen LogP contribution in [0.2, 0.25) is 0 Å². The number of carbonyl (C=O) groups is 2. The molecule has 29 heavy (non-hydrogen) atoms. The van der Waals surface area contributed by atoms with Gasteiger partial charge < -0.3 is 30.6 Å². The monoisotopic (exact) mass is 397 g/mol. The number of carbonyl (C=O) groups excluding carboxylic acids is 2. The van der Waals surface area contributed by atoms with Crippen molar-refractivity contribution >= 4 is 23.8 Å². The van der Waals surface area contributed by atoms with E-state index in [1.165, 1.54) is 11.8 Å². The van der Waals surface area contributed by atoms with Gasteiger partial charge in [-0.2, -0.15) is 0 Å². The van der Waals surface area contributed by atoms with Crippen LogP contribution in [0, 0.1) is 5.41 Å². The molecule has 4 rings (SSSR count). The van der Waals surface area contributed by atoms with Gasteiger partial charge >= 0.3 is 6.03 Å². The van der Waals surface area contributed by atoms with Crippen molar-refractivity contribution in [2.24, 2.45) is 0 Å². The van der Waals surface area contributed by atoms with Crippen LogP contribution in [0.1, 0.15) is 23.5 Å². The van der Waals surface area contributed by atoms with Crippen LogP contribution in [0.4, 0.5) is 4.79 Å². The average Bonchev–Trinajstić information content (AvgIpc) is 2.71. The number of morpholine rings is 1. The number of benzene rings is 1. The Labute approximate surface area is 170 Å². The fraction of sp³-hybridized carbons (Fsp3) is 0.476. The van der Waals surface area contributed by atoms with Crippen molar-refractivity contribution in [3.05, 3.63) is 41.5 Å². The zero-order valence-corrected chi connectivity index (χ0v) is 16.6. The summed E-state index contributed by atoms with van der Waals surface area (Å²) in [5.74, 6) is 0.234. The van der Waals surface area contributed by atoms with E-state index in [4.69, 9.17) is 10.1 Å². The molecule has 1 aromatic carbocycles. The minimum Gasteiger partial charge on any atom is -0.388 e.